The molecule has 5 nitrogen and oxygen atoms in total. The van der Waals surface area contributed by atoms with Gasteiger partial charge in [0, 0.05) is 6.42 Å². The first-order valence-corrected chi connectivity index (χ1v) is 11.8. The molecule has 5 heteroatoms. The topological polar surface area (TPSA) is 75.6 Å². The van der Waals surface area contributed by atoms with Gasteiger partial charge in [0.15, 0.2) is 0 Å². The van der Waals surface area contributed by atoms with E-state index in [0.717, 1.165) is 54.2 Å². The average Bonchev–Trinajstić information content (AvgIpc) is 2.77. The second-order valence-corrected chi connectivity index (χ2v) is 10.3. The van der Waals surface area contributed by atoms with Crippen molar-refractivity contribution in [2.75, 3.05) is 0 Å². The molecule has 168 valence electrons. The van der Waals surface area contributed by atoms with Gasteiger partial charge in [-0.05, 0) is 79.4 Å². The Morgan fingerprint density at radius 3 is 2.03 bits per heavy atom. The lowest BCUT2D eigenvalue weighted by Crippen LogP contribution is -2.56. The van der Waals surface area contributed by atoms with Crippen LogP contribution in [0.5, 0.6) is 0 Å². The van der Waals surface area contributed by atoms with Crippen LogP contribution < -0.4 is 5.32 Å². The van der Waals surface area contributed by atoms with Crippen LogP contribution in [0.15, 0.2) is 54.6 Å². The fourth-order valence-corrected chi connectivity index (χ4v) is 6.47. The molecular formula is C27H31NO4. The van der Waals surface area contributed by atoms with Gasteiger partial charge in [0.05, 0.1) is 0 Å². The Balaban J connectivity index is 1.24. The van der Waals surface area contributed by atoms with Crippen LogP contribution in [0.4, 0.5) is 4.79 Å². The third-order valence-electron chi connectivity index (χ3n) is 7.85. The van der Waals surface area contributed by atoms with Gasteiger partial charge in [0.2, 0.25) is 0 Å². The van der Waals surface area contributed by atoms with Gasteiger partial charge in [-0.2, -0.15) is 0 Å². The molecule has 2 aromatic carbocycles. The van der Waals surface area contributed by atoms with Crippen molar-refractivity contribution >= 4 is 12.1 Å². The number of ether oxygens (including phenoxy) is 1. The van der Waals surface area contributed by atoms with Crippen LogP contribution in [-0.2, 0) is 16.0 Å². The lowest BCUT2D eigenvalue weighted by molar-refractivity contribution is -0.144. The van der Waals surface area contributed by atoms with Crippen LogP contribution in [0, 0.1) is 23.7 Å². The molecular weight excluding hydrogens is 402 g/mol. The number of aliphatic carboxylic acids is 1. The molecule has 2 aromatic rings. The molecule has 0 radical (unpaired) electrons. The van der Waals surface area contributed by atoms with Crippen molar-refractivity contribution in [3.8, 4) is 11.1 Å². The van der Waals surface area contributed by atoms with Crippen molar-refractivity contribution in [3.63, 3.8) is 0 Å². The Labute approximate surface area is 189 Å². The number of nitrogens with one attached hydrogen (secondary N) is 1. The first kappa shape index (κ1) is 21.0. The van der Waals surface area contributed by atoms with E-state index < -0.39 is 17.6 Å². The van der Waals surface area contributed by atoms with E-state index in [1.165, 1.54) is 6.42 Å². The molecule has 4 aliphatic carbocycles. The smallest absolute Gasteiger partial charge is 0.408 e. The summed E-state index contributed by atoms with van der Waals surface area (Å²) in [6.07, 6.45) is 5.45. The van der Waals surface area contributed by atoms with Crippen molar-refractivity contribution < 1.29 is 19.4 Å². The van der Waals surface area contributed by atoms with E-state index in [1.54, 1.807) is 6.92 Å². The summed E-state index contributed by atoms with van der Waals surface area (Å²) in [4.78, 5) is 24.9. The number of carboxylic acid groups (broad SMARTS) is 1. The summed E-state index contributed by atoms with van der Waals surface area (Å²) in [5.74, 6) is 1.41. The molecule has 4 bridgehead atoms. The van der Waals surface area contributed by atoms with Crippen LogP contribution in [0.1, 0.15) is 44.6 Å². The highest BCUT2D eigenvalue weighted by molar-refractivity contribution is 5.84. The van der Waals surface area contributed by atoms with Gasteiger partial charge in [0.1, 0.15) is 11.6 Å². The zero-order valence-electron chi connectivity index (χ0n) is 18.5. The second kappa shape index (κ2) is 8.27. The zero-order chi connectivity index (χ0) is 22.3. The van der Waals surface area contributed by atoms with Crippen LogP contribution in [-0.4, -0.2) is 28.8 Å². The highest BCUT2D eigenvalue weighted by Crippen LogP contribution is 2.54. The number of hydrogen-bond acceptors (Lipinski definition) is 3. The summed E-state index contributed by atoms with van der Waals surface area (Å²) in [6, 6.07) is 17.9. The van der Waals surface area contributed by atoms with Crippen molar-refractivity contribution in [1.82, 2.24) is 5.32 Å². The predicted molar refractivity (Wildman–Crippen MR) is 122 cm³/mol. The molecule has 0 saturated heterocycles. The van der Waals surface area contributed by atoms with Gasteiger partial charge in [-0.3, -0.25) is 0 Å². The van der Waals surface area contributed by atoms with Crippen molar-refractivity contribution in [2.45, 2.75) is 57.1 Å². The molecule has 6 rings (SSSR count). The molecule has 4 aliphatic rings. The van der Waals surface area contributed by atoms with E-state index in [2.05, 4.69) is 5.32 Å². The molecule has 0 aromatic heterocycles. The molecule has 0 spiro atoms. The number of alkyl carbamates (subject to hydrolysis) is 1. The summed E-state index contributed by atoms with van der Waals surface area (Å²) in [7, 11) is 0. The molecule has 0 aliphatic heterocycles. The normalized spacial score (nSPS) is 29.8. The van der Waals surface area contributed by atoms with E-state index in [1.807, 2.05) is 54.6 Å². The highest BCUT2D eigenvalue weighted by atomic mass is 16.6. The Kier molecular flexibility index (Phi) is 5.44. The molecule has 1 atom stereocenters. The Hall–Kier alpha value is -2.82. The number of amides is 1. The maximum Gasteiger partial charge on any atom is 0.408 e. The minimum atomic E-state index is -1.43. The third-order valence-corrected chi connectivity index (χ3v) is 7.85. The third kappa shape index (κ3) is 4.13. The van der Waals surface area contributed by atoms with Gasteiger partial charge in [-0.25, -0.2) is 9.59 Å². The summed E-state index contributed by atoms with van der Waals surface area (Å²) in [6.45, 7) is 1.55. The number of carboxylic acids is 1. The molecule has 4 fully saturated rings. The number of benzene rings is 2. The first-order valence-electron chi connectivity index (χ1n) is 11.8. The standard InChI is InChI=1S/C27H31NO4/c1-27(25(29)30,16-17-7-9-21(10-8-17)20-5-3-2-4-6-20)28-26(31)32-24-22-12-18-11-19(14-22)15-23(24)13-18/h2-10,18-19,22-24H,11-16H2,1H3,(H,28,31)(H,29,30). The lowest BCUT2D eigenvalue weighted by Gasteiger charge is -2.53. The number of rotatable bonds is 6. The molecule has 1 unspecified atom stereocenters. The SMILES string of the molecule is CC(Cc1ccc(-c2ccccc2)cc1)(NC(=O)OC1C2CC3CC(C2)CC1C3)C(=O)O. The van der Waals surface area contributed by atoms with Crippen molar-refractivity contribution in [1.29, 1.82) is 0 Å². The largest absolute Gasteiger partial charge is 0.480 e. The van der Waals surface area contributed by atoms with Crippen LogP contribution in [0.2, 0.25) is 0 Å². The summed E-state index contributed by atoms with van der Waals surface area (Å²) < 4.78 is 5.87. The van der Waals surface area contributed by atoms with Crippen molar-refractivity contribution in [2.24, 2.45) is 23.7 Å². The summed E-state index contributed by atoms with van der Waals surface area (Å²) >= 11 is 0. The Morgan fingerprint density at radius 1 is 0.906 bits per heavy atom. The monoisotopic (exact) mass is 433 g/mol. The Bertz CT molecular complexity index is 958. The summed E-state index contributed by atoms with van der Waals surface area (Å²) in [5, 5.41) is 12.6. The van der Waals surface area contributed by atoms with E-state index in [-0.39, 0.29) is 12.5 Å². The number of carbonyl (C=O) groups excluding carboxylic acids is 1. The average molecular weight is 434 g/mol. The predicted octanol–water partition coefficient (Wildman–Crippen LogP) is 5.29. The van der Waals surface area contributed by atoms with E-state index in [4.69, 9.17) is 4.74 Å². The maximum absolute atomic E-state index is 12.8. The molecule has 32 heavy (non-hydrogen) atoms. The van der Waals surface area contributed by atoms with Gasteiger partial charge in [0.25, 0.3) is 0 Å². The maximum atomic E-state index is 12.8. The van der Waals surface area contributed by atoms with Crippen LogP contribution >= 0.6 is 0 Å². The minimum absolute atomic E-state index is 0.0639. The second-order valence-electron chi connectivity index (χ2n) is 10.3. The number of hydrogen-bond donors (Lipinski definition) is 2. The first-order chi connectivity index (χ1) is 15.4. The van der Waals surface area contributed by atoms with Crippen LogP contribution in [0.3, 0.4) is 0 Å². The van der Waals surface area contributed by atoms with Crippen LogP contribution in [0.25, 0.3) is 11.1 Å². The molecule has 2 N–H and O–H groups in total. The zero-order valence-corrected chi connectivity index (χ0v) is 18.5. The minimum Gasteiger partial charge on any atom is -0.480 e. The van der Waals surface area contributed by atoms with Gasteiger partial charge < -0.3 is 15.2 Å². The lowest BCUT2D eigenvalue weighted by atomic mass is 9.55. The fourth-order valence-electron chi connectivity index (χ4n) is 6.47. The fraction of sp³-hybridized carbons (Fsp3) is 0.481. The Morgan fingerprint density at radius 2 is 1.47 bits per heavy atom. The van der Waals surface area contributed by atoms with Gasteiger partial charge in [-0.1, -0.05) is 54.6 Å². The summed E-state index contributed by atoms with van der Waals surface area (Å²) in [5.41, 5.74) is 1.60. The quantitative estimate of drug-likeness (QED) is 0.649. The molecule has 0 heterocycles. The molecule has 4 saturated carbocycles. The van der Waals surface area contributed by atoms with E-state index in [9.17, 15) is 14.7 Å². The molecule has 1 amide bonds. The van der Waals surface area contributed by atoms with Gasteiger partial charge in [-0.15, -0.1) is 0 Å². The van der Waals surface area contributed by atoms with E-state index >= 15 is 0 Å². The highest BCUT2D eigenvalue weighted by Gasteiger charge is 2.50. The number of carbonyl (C=O) groups is 2. The van der Waals surface area contributed by atoms with Crippen molar-refractivity contribution in [3.05, 3.63) is 60.2 Å². The van der Waals surface area contributed by atoms with E-state index in [0.29, 0.717) is 11.8 Å². The van der Waals surface area contributed by atoms with Gasteiger partial charge >= 0.3 is 12.1 Å².